The SMILES string of the molecule is N#Cc1ccc(CNc2cnc(Br)cn2)cc1. The molecule has 2 rings (SSSR count). The fourth-order valence-electron chi connectivity index (χ4n) is 1.29. The van der Waals surface area contributed by atoms with Gasteiger partial charge in [-0.05, 0) is 33.6 Å². The molecule has 0 aliphatic carbocycles. The van der Waals surface area contributed by atoms with Gasteiger partial charge in [-0.3, -0.25) is 0 Å². The largest absolute Gasteiger partial charge is 0.365 e. The zero-order chi connectivity index (χ0) is 12.1. The van der Waals surface area contributed by atoms with Crippen LogP contribution in [0.5, 0.6) is 0 Å². The van der Waals surface area contributed by atoms with Crippen LogP contribution < -0.4 is 5.32 Å². The fraction of sp³-hybridized carbons (Fsp3) is 0.0833. The molecule has 0 saturated carbocycles. The molecule has 1 N–H and O–H groups in total. The van der Waals surface area contributed by atoms with Crippen molar-refractivity contribution < 1.29 is 0 Å². The Bertz CT molecular complexity index is 528. The quantitative estimate of drug-likeness (QED) is 0.943. The summed E-state index contributed by atoms with van der Waals surface area (Å²) in [6.45, 7) is 0.655. The van der Waals surface area contributed by atoms with Crippen LogP contribution in [0.4, 0.5) is 5.82 Å². The van der Waals surface area contributed by atoms with Crippen molar-refractivity contribution in [3.8, 4) is 6.07 Å². The van der Waals surface area contributed by atoms with Gasteiger partial charge in [-0.15, -0.1) is 0 Å². The van der Waals surface area contributed by atoms with E-state index in [-0.39, 0.29) is 0 Å². The molecule has 0 bridgehead atoms. The lowest BCUT2D eigenvalue weighted by atomic mass is 10.1. The molecular weight excluding hydrogens is 280 g/mol. The second kappa shape index (κ2) is 5.41. The van der Waals surface area contributed by atoms with E-state index >= 15 is 0 Å². The highest BCUT2D eigenvalue weighted by Crippen LogP contribution is 2.09. The van der Waals surface area contributed by atoms with Gasteiger partial charge in [-0.2, -0.15) is 5.26 Å². The Morgan fingerprint density at radius 3 is 2.53 bits per heavy atom. The Balaban J connectivity index is 1.98. The minimum absolute atomic E-state index is 0.655. The molecule has 0 atom stereocenters. The van der Waals surface area contributed by atoms with Gasteiger partial charge >= 0.3 is 0 Å². The summed E-state index contributed by atoms with van der Waals surface area (Å²) in [7, 11) is 0. The summed E-state index contributed by atoms with van der Waals surface area (Å²) in [5.41, 5.74) is 1.76. The monoisotopic (exact) mass is 288 g/mol. The van der Waals surface area contributed by atoms with Gasteiger partial charge in [0.05, 0.1) is 24.0 Å². The van der Waals surface area contributed by atoms with Crippen molar-refractivity contribution >= 4 is 21.7 Å². The molecular formula is C12H9BrN4. The van der Waals surface area contributed by atoms with E-state index in [0.717, 1.165) is 11.4 Å². The zero-order valence-electron chi connectivity index (χ0n) is 8.89. The molecule has 1 aromatic heterocycles. The molecule has 0 aliphatic heterocycles. The van der Waals surface area contributed by atoms with Gasteiger partial charge in [0, 0.05) is 6.54 Å². The third-order valence-electron chi connectivity index (χ3n) is 2.18. The Hall–Kier alpha value is -1.93. The molecule has 2 aromatic rings. The molecule has 1 aromatic carbocycles. The fourth-order valence-corrected chi connectivity index (χ4v) is 1.50. The average molecular weight is 289 g/mol. The van der Waals surface area contributed by atoms with Crippen LogP contribution in [0.3, 0.4) is 0 Å². The first-order valence-corrected chi connectivity index (χ1v) is 5.78. The van der Waals surface area contributed by atoms with Crippen molar-refractivity contribution in [3.05, 3.63) is 52.4 Å². The van der Waals surface area contributed by atoms with Crippen LogP contribution in [0.2, 0.25) is 0 Å². The first kappa shape index (κ1) is 11.6. The number of hydrogen-bond acceptors (Lipinski definition) is 4. The predicted octanol–water partition coefficient (Wildman–Crippen LogP) is 2.72. The number of aromatic nitrogens is 2. The minimum Gasteiger partial charge on any atom is -0.365 e. The standard InChI is InChI=1S/C12H9BrN4/c13-11-7-17-12(8-15-11)16-6-10-3-1-9(5-14)2-4-10/h1-4,7-8H,6H2,(H,16,17). The lowest BCUT2D eigenvalue weighted by Crippen LogP contribution is -2.01. The van der Waals surface area contributed by atoms with E-state index in [1.165, 1.54) is 0 Å². The lowest BCUT2D eigenvalue weighted by Gasteiger charge is -2.05. The van der Waals surface area contributed by atoms with Crippen LogP contribution in [0.1, 0.15) is 11.1 Å². The summed E-state index contributed by atoms with van der Waals surface area (Å²) >= 11 is 3.23. The maximum atomic E-state index is 8.67. The van der Waals surface area contributed by atoms with E-state index in [4.69, 9.17) is 5.26 Å². The van der Waals surface area contributed by atoms with Crippen LogP contribution in [0.25, 0.3) is 0 Å². The first-order chi connectivity index (χ1) is 8.28. The van der Waals surface area contributed by atoms with E-state index in [1.54, 1.807) is 24.5 Å². The highest BCUT2D eigenvalue weighted by molar-refractivity contribution is 9.10. The van der Waals surface area contributed by atoms with Gasteiger partial charge in [0.15, 0.2) is 0 Å². The third-order valence-corrected chi connectivity index (χ3v) is 2.59. The number of nitrogens with zero attached hydrogens (tertiary/aromatic N) is 3. The van der Waals surface area contributed by atoms with Crippen molar-refractivity contribution in [1.82, 2.24) is 9.97 Å². The lowest BCUT2D eigenvalue weighted by molar-refractivity contribution is 1.08. The number of benzene rings is 1. The second-order valence-corrected chi connectivity index (χ2v) is 4.20. The van der Waals surface area contributed by atoms with Gasteiger partial charge < -0.3 is 5.32 Å². The molecule has 0 fully saturated rings. The second-order valence-electron chi connectivity index (χ2n) is 3.39. The molecule has 0 spiro atoms. The number of nitrogens with one attached hydrogen (secondary N) is 1. The predicted molar refractivity (Wildman–Crippen MR) is 68.2 cm³/mol. The van der Waals surface area contributed by atoms with Gasteiger partial charge in [0.25, 0.3) is 0 Å². The van der Waals surface area contributed by atoms with E-state index < -0.39 is 0 Å². The summed E-state index contributed by atoms with van der Waals surface area (Å²) in [6.07, 6.45) is 3.30. The number of anilines is 1. The first-order valence-electron chi connectivity index (χ1n) is 4.98. The molecule has 1 heterocycles. The van der Waals surface area contributed by atoms with Crippen LogP contribution in [-0.2, 0) is 6.54 Å². The topological polar surface area (TPSA) is 61.6 Å². The number of nitriles is 1. The summed E-state index contributed by atoms with van der Waals surface area (Å²) in [5, 5.41) is 11.8. The Labute approximate surface area is 107 Å². The molecule has 0 radical (unpaired) electrons. The van der Waals surface area contributed by atoms with E-state index in [9.17, 15) is 0 Å². The highest BCUT2D eigenvalue weighted by atomic mass is 79.9. The Morgan fingerprint density at radius 1 is 1.18 bits per heavy atom. The molecule has 0 amide bonds. The van der Waals surface area contributed by atoms with Crippen molar-refractivity contribution in [2.45, 2.75) is 6.54 Å². The molecule has 17 heavy (non-hydrogen) atoms. The zero-order valence-corrected chi connectivity index (χ0v) is 10.5. The van der Waals surface area contributed by atoms with Crippen molar-refractivity contribution in [2.75, 3.05) is 5.32 Å². The van der Waals surface area contributed by atoms with Gasteiger partial charge in [0.2, 0.25) is 0 Å². The smallest absolute Gasteiger partial charge is 0.144 e. The van der Waals surface area contributed by atoms with E-state index in [2.05, 4.69) is 37.3 Å². The number of rotatable bonds is 3. The third kappa shape index (κ3) is 3.26. The summed E-state index contributed by atoms with van der Waals surface area (Å²) < 4.78 is 0.710. The number of hydrogen-bond donors (Lipinski definition) is 1. The van der Waals surface area contributed by atoms with Gasteiger partial charge in [0.1, 0.15) is 10.4 Å². The van der Waals surface area contributed by atoms with Gasteiger partial charge in [-0.25, -0.2) is 9.97 Å². The normalized spacial score (nSPS) is 9.65. The molecule has 0 saturated heterocycles. The molecule has 4 nitrogen and oxygen atoms in total. The van der Waals surface area contributed by atoms with Crippen molar-refractivity contribution in [1.29, 1.82) is 5.26 Å². The summed E-state index contributed by atoms with van der Waals surface area (Å²) in [6, 6.07) is 9.51. The van der Waals surface area contributed by atoms with Gasteiger partial charge in [-0.1, -0.05) is 12.1 Å². The molecule has 0 aliphatic rings. The van der Waals surface area contributed by atoms with Crippen LogP contribution >= 0.6 is 15.9 Å². The maximum Gasteiger partial charge on any atom is 0.144 e. The highest BCUT2D eigenvalue weighted by Gasteiger charge is 1.96. The molecule has 5 heteroatoms. The average Bonchev–Trinajstić information content (AvgIpc) is 2.39. The summed E-state index contributed by atoms with van der Waals surface area (Å²) in [5.74, 6) is 0.720. The van der Waals surface area contributed by atoms with Crippen LogP contribution in [-0.4, -0.2) is 9.97 Å². The maximum absolute atomic E-state index is 8.67. The minimum atomic E-state index is 0.655. The van der Waals surface area contributed by atoms with E-state index in [1.807, 2.05) is 12.1 Å². The van der Waals surface area contributed by atoms with E-state index in [0.29, 0.717) is 16.7 Å². The van der Waals surface area contributed by atoms with Crippen molar-refractivity contribution in [2.24, 2.45) is 0 Å². The van der Waals surface area contributed by atoms with Crippen LogP contribution in [0.15, 0.2) is 41.3 Å². The summed E-state index contributed by atoms with van der Waals surface area (Å²) in [4.78, 5) is 8.22. The Morgan fingerprint density at radius 2 is 1.94 bits per heavy atom. The van der Waals surface area contributed by atoms with Crippen molar-refractivity contribution in [3.63, 3.8) is 0 Å². The Kier molecular flexibility index (Phi) is 3.68. The molecule has 84 valence electrons. The number of halogens is 1. The molecule has 0 unspecified atom stereocenters. The van der Waals surface area contributed by atoms with Crippen LogP contribution in [0, 0.1) is 11.3 Å².